The standard InChI is InChI=1S/C15H23N5O4/c1-4-24-15(22)19-20(2)10-6-9-12-7-5-8-13(17-12)11-16-18-14(21)23-3/h5-9,11-12,17H,4,10H2,1-3H3,(H,18,21)(H,19,22)/b9-6+,16-11+. The fourth-order valence-electron chi connectivity index (χ4n) is 1.69. The van der Waals surface area contributed by atoms with Crippen molar-refractivity contribution in [2.75, 3.05) is 27.3 Å². The maximum Gasteiger partial charge on any atom is 0.427 e. The summed E-state index contributed by atoms with van der Waals surface area (Å²) in [5.41, 5.74) is 5.51. The van der Waals surface area contributed by atoms with Gasteiger partial charge in [-0.3, -0.25) is 5.43 Å². The Morgan fingerprint density at radius 2 is 2.25 bits per heavy atom. The lowest BCUT2D eigenvalue weighted by molar-refractivity contribution is 0.123. The summed E-state index contributed by atoms with van der Waals surface area (Å²) >= 11 is 0. The average molecular weight is 337 g/mol. The van der Waals surface area contributed by atoms with E-state index in [0.717, 1.165) is 5.70 Å². The largest absolute Gasteiger partial charge is 0.452 e. The molecule has 3 N–H and O–H groups in total. The van der Waals surface area contributed by atoms with Gasteiger partial charge in [0.05, 0.1) is 31.7 Å². The van der Waals surface area contributed by atoms with E-state index in [-0.39, 0.29) is 6.04 Å². The molecule has 1 aliphatic rings. The molecule has 0 radical (unpaired) electrons. The van der Waals surface area contributed by atoms with Crippen LogP contribution >= 0.6 is 0 Å². The van der Waals surface area contributed by atoms with E-state index in [9.17, 15) is 9.59 Å². The van der Waals surface area contributed by atoms with Crippen LogP contribution in [0.5, 0.6) is 0 Å². The van der Waals surface area contributed by atoms with Crippen LogP contribution in [0.1, 0.15) is 6.92 Å². The van der Waals surface area contributed by atoms with Crippen LogP contribution < -0.4 is 16.2 Å². The molecule has 9 nitrogen and oxygen atoms in total. The number of carbonyl (C=O) groups is 2. The molecule has 0 aromatic heterocycles. The molecule has 0 aromatic carbocycles. The van der Waals surface area contributed by atoms with Gasteiger partial charge in [0, 0.05) is 13.6 Å². The zero-order valence-electron chi connectivity index (χ0n) is 14.0. The van der Waals surface area contributed by atoms with E-state index in [1.807, 2.05) is 30.4 Å². The summed E-state index contributed by atoms with van der Waals surface area (Å²) in [6.45, 7) is 2.59. The third kappa shape index (κ3) is 7.99. The van der Waals surface area contributed by atoms with Gasteiger partial charge >= 0.3 is 12.2 Å². The molecule has 9 heteroatoms. The first-order valence-electron chi connectivity index (χ1n) is 7.38. The monoisotopic (exact) mass is 337 g/mol. The molecule has 0 spiro atoms. The minimum Gasteiger partial charge on any atom is -0.452 e. The minimum absolute atomic E-state index is 0.0226. The smallest absolute Gasteiger partial charge is 0.427 e. The van der Waals surface area contributed by atoms with E-state index in [2.05, 4.69) is 26.0 Å². The molecule has 0 fully saturated rings. The molecular weight excluding hydrogens is 314 g/mol. The highest BCUT2D eigenvalue weighted by Crippen LogP contribution is 2.02. The second kappa shape index (κ2) is 10.8. The highest BCUT2D eigenvalue weighted by molar-refractivity contribution is 5.80. The number of rotatable bonds is 7. The number of hydrogen-bond acceptors (Lipinski definition) is 7. The fourth-order valence-corrected chi connectivity index (χ4v) is 1.69. The van der Waals surface area contributed by atoms with E-state index in [0.29, 0.717) is 13.2 Å². The molecule has 1 heterocycles. The Morgan fingerprint density at radius 3 is 2.96 bits per heavy atom. The summed E-state index contributed by atoms with van der Waals surface area (Å²) < 4.78 is 9.19. The van der Waals surface area contributed by atoms with Gasteiger partial charge in [-0.15, -0.1) is 0 Å². The molecular formula is C15H23N5O4. The van der Waals surface area contributed by atoms with E-state index in [4.69, 9.17) is 4.74 Å². The summed E-state index contributed by atoms with van der Waals surface area (Å²) in [4.78, 5) is 22.1. The molecule has 0 saturated carbocycles. The van der Waals surface area contributed by atoms with Gasteiger partial charge in [0.1, 0.15) is 0 Å². The molecule has 132 valence electrons. The van der Waals surface area contributed by atoms with Crippen molar-refractivity contribution >= 4 is 18.4 Å². The van der Waals surface area contributed by atoms with Crippen molar-refractivity contribution in [2.24, 2.45) is 5.10 Å². The number of likely N-dealkylation sites (N-methyl/N-ethyl adjacent to an activating group) is 1. The van der Waals surface area contributed by atoms with Crippen LogP contribution in [-0.2, 0) is 9.47 Å². The van der Waals surface area contributed by atoms with Crippen molar-refractivity contribution in [1.29, 1.82) is 0 Å². The first-order chi connectivity index (χ1) is 11.5. The first-order valence-corrected chi connectivity index (χ1v) is 7.38. The Labute approximate surface area is 141 Å². The zero-order chi connectivity index (χ0) is 17.8. The number of nitrogens with one attached hydrogen (secondary N) is 3. The normalized spacial score (nSPS) is 16.8. The molecule has 2 amide bonds. The Kier molecular flexibility index (Phi) is 8.69. The Hall–Kier alpha value is -2.81. The van der Waals surface area contributed by atoms with E-state index in [1.165, 1.54) is 13.3 Å². The second-order valence-electron chi connectivity index (χ2n) is 4.68. The third-order valence-corrected chi connectivity index (χ3v) is 2.75. The predicted molar refractivity (Wildman–Crippen MR) is 90.1 cm³/mol. The maximum atomic E-state index is 11.2. The summed E-state index contributed by atoms with van der Waals surface area (Å²) in [5, 5.41) is 8.56. The van der Waals surface area contributed by atoms with Crippen molar-refractivity contribution in [3.05, 3.63) is 36.1 Å². The number of amides is 2. The fraction of sp³-hybridized carbons (Fsp3) is 0.400. The first kappa shape index (κ1) is 19.2. The Balaban J connectivity index is 2.36. The number of allylic oxidation sites excluding steroid dienone is 3. The molecule has 24 heavy (non-hydrogen) atoms. The minimum atomic E-state index is -0.633. The second-order valence-corrected chi connectivity index (χ2v) is 4.68. The number of dihydropyridines is 1. The number of nitrogens with zero attached hydrogens (tertiary/aromatic N) is 2. The number of hydrazine groups is 1. The molecule has 0 aromatic rings. The Bertz CT molecular complexity index is 542. The van der Waals surface area contributed by atoms with Gasteiger partial charge in [-0.25, -0.2) is 20.0 Å². The van der Waals surface area contributed by atoms with Crippen LogP contribution in [0.4, 0.5) is 9.59 Å². The summed E-state index contributed by atoms with van der Waals surface area (Å²) in [6.07, 6.45) is 9.87. The number of hydrogen-bond donors (Lipinski definition) is 3. The van der Waals surface area contributed by atoms with Crippen molar-refractivity contribution in [3.8, 4) is 0 Å². The van der Waals surface area contributed by atoms with Gasteiger partial charge in [0.2, 0.25) is 0 Å². The van der Waals surface area contributed by atoms with Crippen molar-refractivity contribution < 1.29 is 19.1 Å². The van der Waals surface area contributed by atoms with Gasteiger partial charge in [-0.1, -0.05) is 24.3 Å². The van der Waals surface area contributed by atoms with E-state index in [1.54, 1.807) is 19.0 Å². The van der Waals surface area contributed by atoms with Gasteiger partial charge < -0.3 is 14.8 Å². The summed E-state index contributed by atoms with van der Waals surface area (Å²) in [6, 6.07) is -0.0226. The summed E-state index contributed by atoms with van der Waals surface area (Å²) in [5.74, 6) is 0. The van der Waals surface area contributed by atoms with Gasteiger partial charge in [-0.05, 0) is 13.0 Å². The highest BCUT2D eigenvalue weighted by atomic mass is 16.6. The number of carbonyl (C=O) groups excluding carboxylic acids is 2. The van der Waals surface area contributed by atoms with Crippen LogP contribution in [-0.4, -0.2) is 56.8 Å². The number of hydrazone groups is 1. The van der Waals surface area contributed by atoms with Gasteiger partial charge in [0.25, 0.3) is 0 Å². The summed E-state index contributed by atoms with van der Waals surface area (Å²) in [7, 11) is 3.00. The molecule has 1 rings (SSSR count). The molecule has 1 unspecified atom stereocenters. The van der Waals surface area contributed by atoms with Crippen LogP contribution in [0, 0.1) is 0 Å². The lowest BCUT2D eigenvalue weighted by atomic mass is 10.1. The number of methoxy groups -OCH3 is 1. The molecule has 0 aliphatic carbocycles. The zero-order valence-corrected chi connectivity index (χ0v) is 14.0. The van der Waals surface area contributed by atoms with Gasteiger partial charge in [-0.2, -0.15) is 5.10 Å². The lowest BCUT2D eigenvalue weighted by Gasteiger charge is -2.18. The van der Waals surface area contributed by atoms with Crippen molar-refractivity contribution in [3.63, 3.8) is 0 Å². The van der Waals surface area contributed by atoms with Crippen molar-refractivity contribution in [1.82, 2.24) is 21.2 Å². The quantitative estimate of drug-likeness (QED) is 0.362. The van der Waals surface area contributed by atoms with E-state index >= 15 is 0 Å². The van der Waals surface area contributed by atoms with Crippen LogP contribution in [0.2, 0.25) is 0 Å². The Morgan fingerprint density at radius 1 is 1.46 bits per heavy atom. The van der Waals surface area contributed by atoms with Crippen LogP contribution in [0.15, 0.2) is 41.2 Å². The molecule has 0 bridgehead atoms. The lowest BCUT2D eigenvalue weighted by Crippen LogP contribution is -2.39. The number of ether oxygens (including phenoxy) is 2. The van der Waals surface area contributed by atoms with Crippen LogP contribution in [0.3, 0.4) is 0 Å². The third-order valence-electron chi connectivity index (χ3n) is 2.75. The molecule has 1 aliphatic heterocycles. The highest BCUT2D eigenvalue weighted by Gasteiger charge is 2.06. The van der Waals surface area contributed by atoms with Crippen LogP contribution in [0.25, 0.3) is 0 Å². The molecule has 1 atom stereocenters. The molecule has 0 saturated heterocycles. The van der Waals surface area contributed by atoms with E-state index < -0.39 is 12.2 Å². The average Bonchev–Trinajstić information content (AvgIpc) is 2.55. The maximum absolute atomic E-state index is 11.2. The SMILES string of the molecule is CCOC(=O)NN(C)C/C=C/C1C=CC=C(/C=N/NC(=O)OC)N1. The van der Waals surface area contributed by atoms with Gasteiger partial charge in [0.15, 0.2) is 0 Å². The topological polar surface area (TPSA) is 104 Å². The van der Waals surface area contributed by atoms with Crippen molar-refractivity contribution in [2.45, 2.75) is 13.0 Å². The predicted octanol–water partition coefficient (Wildman–Crippen LogP) is 0.889.